The van der Waals surface area contributed by atoms with E-state index in [9.17, 15) is 4.39 Å². The second-order valence-corrected chi connectivity index (χ2v) is 7.46. The summed E-state index contributed by atoms with van der Waals surface area (Å²) in [5.74, 6) is -0.267. The highest BCUT2D eigenvalue weighted by molar-refractivity contribution is 9.10. The predicted molar refractivity (Wildman–Crippen MR) is 110 cm³/mol. The first-order valence-electron chi connectivity index (χ1n) is 7.95. The Morgan fingerprint density at radius 1 is 1.23 bits per heavy atom. The molecule has 0 aliphatic rings. The average Bonchev–Trinajstić information content (AvgIpc) is 3.02. The van der Waals surface area contributed by atoms with Crippen molar-refractivity contribution in [3.05, 3.63) is 86.7 Å². The van der Waals surface area contributed by atoms with Crippen molar-refractivity contribution in [3.63, 3.8) is 0 Å². The lowest BCUT2D eigenvalue weighted by Gasteiger charge is -2.05. The normalized spacial score (nSPS) is 12.0. The topological polar surface area (TPSA) is 29.6 Å². The monoisotopic (exact) mass is 429 g/mol. The van der Waals surface area contributed by atoms with E-state index in [1.165, 1.54) is 23.5 Å². The molecule has 0 N–H and O–H groups in total. The van der Waals surface area contributed by atoms with Gasteiger partial charge >= 0.3 is 0 Å². The molecule has 0 atom stereocenters. The Hall–Kier alpha value is -2.31. The fraction of sp³-hybridized carbons (Fsp3) is 0.100. The Morgan fingerprint density at radius 3 is 2.65 bits per heavy atom. The van der Waals surface area contributed by atoms with Crippen LogP contribution in [0.3, 0.4) is 0 Å². The minimum Gasteiger partial charge on any atom is -0.253 e. The van der Waals surface area contributed by atoms with Crippen LogP contribution in [0.4, 0.5) is 4.39 Å². The standard InChI is InChI=1S/C20H17BrFN3S/c1-14(2)11-23-20-25(24-12-15-7-9-16(22)10-8-15)19(13-26-20)17-5-3-4-6-18(17)21/h3-10,12-13H,1,11H2,2H3. The van der Waals surface area contributed by atoms with Crippen LogP contribution in [0.1, 0.15) is 12.5 Å². The van der Waals surface area contributed by atoms with Gasteiger partial charge in [-0.15, -0.1) is 11.3 Å². The summed E-state index contributed by atoms with van der Waals surface area (Å²) >= 11 is 5.12. The van der Waals surface area contributed by atoms with Crippen LogP contribution in [0.5, 0.6) is 0 Å². The molecule has 0 unspecified atom stereocenters. The molecular formula is C20H17BrFN3S. The number of hydrogen-bond acceptors (Lipinski definition) is 3. The summed E-state index contributed by atoms with van der Waals surface area (Å²) < 4.78 is 15.9. The van der Waals surface area contributed by atoms with E-state index >= 15 is 0 Å². The summed E-state index contributed by atoms with van der Waals surface area (Å²) in [7, 11) is 0. The maximum atomic E-state index is 13.1. The highest BCUT2D eigenvalue weighted by Crippen LogP contribution is 2.28. The smallest absolute Gasteiger partial charge is 0.206 e. The third-order valence-electron chi connectivity index (χ3n) is 3.51. The van der Waals surface area contributed by atoms with E-state index in [1.807, 2.05) is 36.6 Å². The van der Waals surface area contributed by atoms with Gasteiger partial charge in [-0.3, -0.25) is 4.99 Å². The average molecular weight is 430 g/mol. The summed E-state index contributed by atoms with van der Waals surface area (Å²) in [5, 5.41) is 6.62. The van der Waals surface area contributed by atoms with Crippen LogP contribution in [-0.2, 0) is 0 Å². The molecule has 6 heteroatoms. The van der Waals surface area contributed by atoms with Gasteiger partial charge in [0.2, 0.25) is 4.80 Å². The molecule has 0 amide bonds. The molecular weight excluding hydrogens is 413 g/mol. The molecule has 0 radical (unpaired) electrons. The van der Waals surface area contributed by atoms with E-state index in [0.717, 1.165) is 31.7 Å². The first kappa shape index (κ1) is 18.5. The second kappa shape index (κ2) is 8.38. The maximum Gasteiger partial charge on any atom is 0.206 e. The molecule has 1 aromatic heterocycles. The third-order valence-corrected chi connectivity index (χ3v) is 5.06. The van der Waals surface area contributed by atoms with E-state index in [-0.39, 0.29) is 5.82 Å². The van der Waals surface area contributed by atoms with Crippen LogP contribution in [0.25, 0.3) is 11.3 Å². The number of hydrogen-bond donors (Lipinski definition) is 0. The Balaban J connectivity index is 2.09. The van der Waals surface area contributed by atoms with E-state index in [4.69, 9.17) is 0 Å². The van der Waals surface area contributed by atoms with Gasteiger partial charge in [-0.25, -0.2) is 9.07 Å². The first-order chi connectivity index (χ1) is 12.5. The third kappa shape index (κ3) is 4.45. The maximum absolute atomic E-state index is 13.1. The van der Waals surface area contributed by atoms with Crippen LogP contribution < -0.4 is 4.80 Å². The van der Waals surface area contributed by atoms with Crippen LogP contribution in [0, 0.1) is 5.82 Å². The second-order valence-electron chi connectivity index (χ2n) is 5.76. The Morgan fingerprint density at radius 2 is 1.96 bits per heavy atom. The van der Waals surface area contributed by atoms with Gasteiger partial charge < -0.3 is 0 Å². The van der Waals surface area contributed by atoms with Crippen LogP contribution in [-0.4, -0.2) is 17.4 Å². The lowest BCUT2D eigenvalue weighted by atomic mass is 10.2. The molecule has 0 bridgehead atoms. The van der Waals surface area contributed by atoms with Crippen LogP contribution in [0.2, 0.25) is 0 Å². The van der Waals surface area contributed by atoms with E-state index in [1.54, 1.807) is 23.0 Å². The number of halogens is 2. The summed E-state index contributed by atoms with van der Waals surface area (Å²) in [4.78, 5) is 5.38. The van der Waals surface area contributed by atoms with E-state index < -0.39 is 0 Å². The molecule has 26 heavy (non-hydrogen) atoms. The van der Waals surface area contributed by atoms with Gasteiger partial charge in [-0.05, 0) is 30.7 Å². The van der Waals surface area contributed by atoms with Crippen molar-refractivity contribution in [1.82, 2.24) is 4.68 Å². The predicted octanol–water partition coefficient (Wildman–Crippen LogP) is 5.48. The Labute approximate surface area is 164 Å². The first-order valence-corrected chi connectivity index (χ1v) is 9.62. The van der Waals surface area contributed by atoms with Gasteiger partial charge in [0.1, 0.15) is 5.82 Å². The Bertz CT molecular complexity index is 1020. The molecule has 0 spiro atoms. The molecule has 3 rings (SSSR count). The van der Waals surface area contributed by atoms with Gasteiger partial charge in [-0.1, -0.05) is 58.4 Å². The number of thiazole rings is 1. The largest absolute Gasteiger partial charge is 0.253 e. The van der Waals surface area contributed by atoms with Gasteiger partial charge in [0.25, 0.3) is 0 Å². The van der Waals surface area contributed by atoms with Crippen LogP contribution in [0.15, 0.2) is 80.6 Å². The van der Waals surface area contributed by atoms with Crippen molar-refractivity contribution < 1.29 is 4.39 Å². The quantitative estimate of drug-likeness (QED) is 0.379. The van der Waals surface area contributed by atoms with Crippen molar-refractivity contribution in [3.8, 4) is 11.3 Å². The molecule has 1 heterocycles. The number of nitrogens with zero attached hydrogens (tertiary/aromatic N) is 3. The van der Waals surface area contributed by atoms with E-state index in [2.05, 4.69) is 32.6 Å². The zero-order valence-electron chi connectivity index (χ0n) is 14.2. The van der Waals surface area contributed by atoms with Gasteiger partial charge in [0.15, 0.2) is 0 Å². The molecule has 0 fully saturated rings. The van der Waals surface area contributed by atoms with Crippen molar-refractivity contribution >= 4 is 33.5 Å². The molecule has 0 aliphatic carbocycles. The summed E-state index contributed by atoms with van der Waals surface area (Å²) in [6.45, 7) is 6.39. The zero-order chi connectivity index (χ0) is 18.5. The summed E-state index contributed by atoms with van der Waals surface area (Å²) in [6, 6.07) is 14.2. The zero-order valence-corrected chi connectivity index (χ0v) is 16.6. The fourth-order valence-corrected chi connectivity index (χ4v) is 3.57. The lowest BCUT2D eigenvalue weighted by molar-refractivity contribution is 0.628. The molecule has 0 saturated carbocycles. The summed E-state index contributed by atoms with van der Waals surface area (Å²) in [6.07, 6.45) is 1.70. The van der Waals surface area contributed by atoms with Crippen molar-refractivity contribution in [2.45, 2.75) is 6.92 Å². The van der Waals surface area contributed by atoms with E-state index in [0.29, 0.717) is 6.54 Å². The minimum atomic E-state index is -0.267. The molecule has 2 aromatic carbocycles. The van der Waals surface area contributed by atoms with Crippen LogP contribution >= 0.6 is 27.3 Å². The van der Waals surface area contributed by atoms with Crippen molar-refractivity contribution in [2.75, 3.05) is 6.54 Å². The van der Waals surface area contributed by atoms with Gasteiger partial charge in [0, 0.05) is 15.4 Å². The summed E-state index contributed by atoms with van der Waals surface area (Å²) in [5.41, 5.74) is 3.75. The SMILES string of the molecule is C=C(C)CN=c1scc(-c2ccccc2Br)n1N=Cc1ccc(F)cc1. The van der Waals surface area contributed by atoms with Crippen molar-refractivity contribution in [1.29, 1.82) is 0 Å². The molecule has 0 aliphatic heterocycles. The lowest BCUT2D eigenvalue weighted by Crippen LogP contribution is -2.13. The molecule has 3 nitrogen and oxygen atoms in total. The minimum absolute atomic E-state index is 0.267. The fourth-order valence-electron chi connectivity index (χ4n) is 2.25. The highest BCUT2D eigenvalue weighted by atomic mass is 79.9. The molecule has 132 valence electrons. The van der Waals surface area contributed by atoms with Gasteiger partial charge in [-0.2, -0.15) is 5.10 Å². The highest BCUT2D eigenvalue weighted by Gasteiger charge is 2.10. The number of aromatic nitrogens is 1. The number of rotatable bonds is 5. The van der Waals surface area contributed by atoms with Gasteiger partial charge in [0.05, 0.1) is 18.5 Å². The Kier molecular flexibility index (Phi) is 5.96. The molecule has 0 saturated heterocycles. The number of benzene rings is 2. The van der Waals surface area contributed by atoms with Crippen molar-refractivity contribution in [2.24, 2.45) is 10.1 Å². The molecule has 3 aromatic rings.